The summed E-state index contributed by atoms with van der Waals surface area (Å²) in [5, 5.41) is 5.69. The molecule has 0 spiro atoms. The van der Waals surface area contributed by atoms with Gasteiger partial charge in [-0.1, -0.05) is 0 Å². The van der Waals surface area contributed by atoms with Crippen molar-refractivity contribution in [2.24, 2.45) is 7.05 Å². The summed E-state index contributed by atoms with van der Waals surface area (Å²) < 4.78 is 7.51. The number of aryl methyl sites for hydroxylation is 1. The molecular formula is C13H21N3O2. The summed E-state index contributed by atoms with van der Waals surface area (Å²) in [7, 11) is 2.00. The molecule has 1 aromatic rings. The van der Waals surface area contributed by atoms with Crippen LogP contribution in [0.15, 0.2) is 12.1 Å². The van der Waals surface area contributed by atoms with E-state index in [9.17, 15) is 4.79 Å². The quantitative estimate of drug-likeness (QED) is 0.847. The lowest BCUT2D eigenvalue weighted by molar-refractivity contribution is 0.111. The second kappa shape index (κ2) is 5.91. The Kier molecular flexibility index (Phi) is 4.25. The fraction of sp³-hybridized carbons (Fsp3) is 0.615. The number of rotatable bonds is 4. The third-order valence-electron chi connectivity index (χ3n) is 3.42. The monoisotopic (exact) mass is 251 g/mol. The van der Waals surface area contributed by atoms with Gasteiger partial charge in [-0.2, -0.15) is 0 Å². The van der Waals surface area contributed by atoms with Crippen LogP contribution in [0, 0.1) is 6.92 Å². The first-order valence-corrected chi connectivity index (χ1v) is 6.41. The van der Waals surface area contributed by atoms with Gasteiger partial charge in [-0.3, -0.25) is 0 Å². The zero-order valence-corrected chi connectivity index (χ0v) is 11.0. The standard InChI is InChI=1S/C13H21N3O2/c1-10-5-6-11(16(10)2)8-14-13(17)15-9-12-4-3-7-18-12/h5-6,12H,3-4,7-9H2,1-2H3,(H2,14,15,17)/t12-/m0/s1. The molecule has 1 fully saturated rings. The van der Waals surface area contributed by atoms with Crippen LogP contribution in [-0.2, 0) is 18.3 Å². The summed E-state index contributed by atoms with van der Waals surface area (Å²) in [5.41, 5.74) is 2.28. The van der Waals surface area contributed by atoms with Crippen molar-refractivity contribution in [3.05, 3.63) is 23.5 Å². The number of nitrogens with one attached hydrogen (secondary N) is 2. The highest BCUT2D eigenvalue weighted by molar-refractivity contribution is 5.73. The summed E-state index contributed by atoms with van der Waals surface area (Å²) in [5.74, 6) is 0. The van der Waals surface area contributed by atoms with Crippen molar-refractivity contribution in [3.63, 3.8) is 0 Å². The number of hydrogen-bond donors (Lipinski definition) is 2. The van der Waals surface area contributed by atoms with E-state index < -0.39 is 0 Å². The predicted octanol–water partition coefficient (Wildman–Crippen LogP) is 1.31. The second-order valence-electron chi connectivity index (χ2n) is 4.72. The fourth-order valence-corrected chi connectivity index (χ4v) is 2.09. The lowest BCUT2D eigenvalue weighted by Crippen LogP contribution is -2.39. The maximum absolute atomic E-state index is 11.6. The number of carbonyl (C=O) groups is 1. The fourth-order valence-electron chi connectivity index (χ4n) is 2.09. The number of aromatic nitrogens is 1. The van der Waals surface area contributed by atoms with E-state index in [1.54, 1.807) is 0 Å². The highest BCUT2D eigenvalue weighted by Crippen LogP contribution is 2.10. The van der Waals surface area contributed by atoms with Gasteiger partial charge in [-0.05, 0) is 31.9 Å². The number of hydrogen-bond acceptors (Lipinski definition) is 2. The van der Waals surface area contributed by atoms with Crippen LogP contribution < -0.4 is 10.6 Å². The van der Waals surface area contributed by atoms with Crippen LogP contribution in [0.3, 0.4) is 0 Å². The first-order valence-electron chi connectivity index (χ1n) is 6.41. The van der Waals surface area contributed by atoms with E-state index in [1.165, 1.54) is 5.69 Å². The maximum Gasteiger partial charge on any atom is 0.315 e. The SMILES string of the molecule is Cc1ccc(CNC(=O)NC[C@@H]2CCCO2)n1C. The Labute approximate surface area is 108 Å². The van der Waals surface area contributed by atoms with E-state index in [4.69, 9.17) is 4.74 Å². The summed E-state index contributed by atoms with van der Waals surface area (Å²) in [6, 6.07) is 3.93. The number of urea groups is 1. The molecule has 2 N–H and O–H groups in total. The van der Waals surface area contributed by atoms with Gasteiger partial charge in [0.2, 0.25) is 0 Å². The highest BCUT2D eigenvalue weighted by Gasteiger charge is 2.15. The Hall–Kier alpha value is -1.49. The molecule has 2 heterocycles. The van der Waals surface area contributed by atoms with Gasteiger partial charge in [-0.25, -0.2) is 4.79 Å². The van der Waals surface area contributed by atoms with E-state index in [0.29, 0.717) is 13.1 Å². The first kappa shape index (κ1) is 13.0. The molecule has 5 heteroatoms. The average molecular weight is 251 g/mol. The molecule has 0 bridgehead atoms. The molecule has 0 radical (unpaired) electrons. The Balaban J connectivity index is 1.69. The number of ether oxygens (including phenoxy) is 1. The molecule has 0 aliphatic carbocycles. The van der Waals surface area contributed by atoms with Gasteiger partial charge in [0.1, 0.15) is 0 Å². The van der Waals surface area contributed by atoms with Crippen LogP contribution in [0.1, 0.15) is 24.2 Å². The Morgan fingerprint density at radius 1 is 1.50 bits per heavy atom. The van der Waals surface area contributed by atoms with Crippen LogP contribution in [0.4, 0.5) is 4.79 Å². The molecule has 0 unspecified atom stereocenters. The lowest BCUT2D eigenvalue weighted by atomic mass is 10.2. The Bertz CT molecular complexity index is 408. The van der Waals surface area contributed by atoms with Crippen molar-refractivity contribution in [1.29, 1.82) is 0 Å². The molecule has 5 nitrogen and oxygen atoms in total. The van der Waals surface area contributed by atoms with Gasteiger partial charge in [0, 0.05) is 31.6 Å². The highest BCUT2D eigenvalue weighted by atomic mass is 16.5. The molecule has 1 aliphatic rings. The minimum atomic E-state index is -0.135. The van der Waals surface area contributed by atoms with E-state index in [2.05, 4.69) is 15.2 Å². The maximum atomic E-state index is 11.6. The summed E-state index contributed by atoms with van der Waals surface area (Å²) >= 11 is 0. The average Bonchev–Trinajstić information content (AvgIpc) is 2.97. The molecule has 2 rings (SSSR count). The van der Waals surface area contributed by atoms with E-state index in [1.807, 2.05) is 26.1 Å². The molecule has 100 valence electrons. The molecule has 18 heavy (non-hydrogen) atoms. The zero-order valence-electron chi connectivity index (χ0n) is 11.0. The van der Waals surface area contributed by atoms with Crippen LogP contribution in [-0.4, -0.2) is 29.9 Å². The normalized spacial score (nSPS) is 18.9. The Morgan fingerprint density at radius 3 is 2.94 bits per heavy atom. The van der Waals surface area contributed by atoms with Crippen LogP contribution in [0.5, 0.6) is 0 Å². The van der Waals surface area contributed by atoms with Crippen LogP contribution >= 0.6 is 0 Å². The predicted molar refractivity (Wildman–Crippen MR) is 69.4 cm³/mol. The molecule has 0 aromatic carbocycles. The number of carbonyl (C=O) groups excluding carboxylic acids is 1. The number of nitrogens with zero attached hydrogens (tertiary/aromatic N) is 1. The Morgan fingerprint density at radius 2 is 2.33 bits per heavy atom. The molecule has 0 saturated carbocycles. The van der Waals surface area contributed by atoms with Crippen molar-refractivity contribution in [3.8, 4) is 0 Å². The summed E-state index contributed by atoms with van der Waals surface area (Å²) in [4.78, 5) is 11.6. The van der Waals surface area contributed by atoms with E-state index >= 15 is 0 Å². The van der Waals surface area contributed by atoms with Crippen molar-refractivity contribution < 1.29 is 9.53 Å². The largest absolute Gasteiger partial charge is 0.376 e. The molecule has 1 aliphatic heterocycles. The van der Waals surface area contributed by atoms with Gasteiger partial charge >= 0.3 is 6.03 Å². The van der Waals surface area contributed by atoms with Crippen LogP contribution in [0.25, 0.3) is 0 Å². The lowest BCUT2D eigenvalue weighted by Gasteiger charge is -2.12. The van der Waals surface area contributed by atoms with Crippen molar-refractivity contribution >= 4 is 6.03 Å². The van der Waals surface area contributed by atoms with Gasteiger partial charge in [0.05, 0.1) is 12.6 Å². The minimum absolute atomic E-state index is 0.135. The molecular weight excluding hydrogens is 230 g/mol. The molecule has 2 amide bonds. The first-order chi connectivity index (χ1) is 8.66. The third-order valence-corrected chi connectivity index (χ3v) is 3.42. The smallest absolute Gasteiger partial charge is 0.315 e. The van der Waals surface area contributed by atoms with E-state index in [0.717, 1.165) is 25.1 Å². The van der Waals surface area contributed by atoms with Crippen LogP contribution in [0.2, 0.25) is 0 Å². The van der Waals surface area contributed by atoms with Gasteiger partial charge in [-0.15, -0.1) is 0 Å². The van der Waals surface area contributed by atoms with E-state index in [-0.39, 0.29) is 12.1 Å². The van der Waals surface area contributed by atoms with Crippen molar-refractivity contribution in [2.75, 3.05) is 13.2 Å². The van der Waals surface area contributed by atoms with Crippen molar-refractivity contribution in [1.82, 2.24) is 15.2 Å². The summed E-state index contributed by atoms with van der Waals surface area (Å²) in [6.45, 7) is 4.00. The third kappa shape index (κ3) is 3.26. The summed E-state index contributed by atoms with van der Waals surface area (Å²) in [6.07, 6.45) is 2.32. The molecule has 1 saturated heterocycles. The molecule has 1 atom stereocenters. The van der Waals surface area contributed by atoms with Gasteiger partial charge in [0.25, 0.3) is 0 Å². The van der Waals surface area contributed by atoms with Gasteiger partial charge in [0.15, 0.2) is 0 Å². The topological polar surface area (TPSA) is 55.3 Å². The number of amides is 2. The zero-order chi connectivity index (χ0) is 13.0. The van der Waals surface area contributed by atoms with Gasteiger partial charge < -0.3 is 19.9 Å². The van der Waals surface area contributed by atoms with Crippen molar-refractivity contribution in [2.45, 2.75) is 32.4 Å². The minimum Gasteiger partial charge on any atom is -0.376 e. The molecule has 1 aromatic heterocycles. The second-order valence-corrected chi connectivity index (χ2v) is 4.72.